The minimum absolute atomic E-state index is 0. The molecule has 0 aliphatic heterocycles. The van der Waals surface area contributed by atoms with Crippen LogP contribution in [-0.4, -0.2) is 6.54 Å². The first-order valence-corrected chi connectivity index (χ1v) is 5.56. The normalized spacial score (nSPS) is 13.0. The van der Waals surface area contributed by atoms with Crippen molar-refractivity contribution in [3.05, 3.63) is 34.3 Å². The molecule has 18 heavy (non-hydrogen) atoms. The van der Waals surface area contributed by atoms with Crippen LogP contribution in [0.1, 0.15) is 30.0 Å². The Labute approximate surface area is 115 Å². The molecule has 104 valence electrons. The molecule has 0 aromatic heterocycles. The van der Waals surface area contributed by atoms with Crippen molar-refractivity contribution < 1.29 is 13.2 Å². The zero-order valence-corrected chi connectivity index (χ0v) is 11.1. The van der Waals surface area contributed by atoms with E-state index in [2.05, 4.69) is 0 Å². The number of hydrogen-bond acceptors (Lipinski definition) is 2. The predicted octanol–water partition coefficient (Wildman–Crippen LogP) is 3.52. The van der Waals surface area contributed by atoms with Gasteiger partial charge in [-0.2, -0.15) is 13.2 Å². The second-order valence-electron chi connectivity index (χ2n) is 3.77. The van der Waals surface area contributed by atoms with Gasteiger partial charge < -0.3 is 11.5 Å². The van der Waals surface area contributed by atoms with Gasteiger partial charge in [0.15, 0.2) is 0 Å². The second kappa shape index (κ2) is 7.19. The van der Waals surface area contributed by atoms with Gasteiger partial charge in [-0.3, -0.25) is 0 Å². The molecule has 0 fully saturated rings. The number of halogens is 5. The van der Waals surface area contributed by atoms with Crippen molar-refractivity contribution in [2.45, 2.75) is 25.1 Å². The molecule has 0 saturated carbocycles. The van der Waals surface area contributed by atoms with Crippen LogP contribution in [-0.2, 0) is 6.18 Å². The van der Waals surface area contributed by atoms with Gasteiger partial charge >= 0.3 is 6.18 Å². The fraction of sp³-hybridized carbons (Fsp3) is 0.455. The van der Waals surface area contributed by atoms with Gasteiger partial charge in [0.25, 0.3) is 0 Å². The largest absolute Gasteiger partial charge is 0.417 e. The maximum Gasteiger partial charge on any atom is 0.417 e. The second-order valence-corrected chi connectivity index (χ2v) is 4.18. The topological polar surface area (TPSA) is 52.0 Å². The Balaban J connectivity index is 0.00000289. The average Bonchev–Trinajstić information content (AvgIpc) is 2.23. The van der Waals surface area contributed by atoms with E-state index in [1.165, 1.54) is 12.1 Å². The number of hydrogen-bond donors (Lipinski definition) is 2. The van der Waals surface area contributed by atoms with Crippen LogP contribution in [0.4, 0.5) is 13.2 Å². The third kappa shape index (κ3) is 4.65. The Hall–Kier alpha value is -0.490. The van der Waals surface area contributed by atoms with E-state index in [9.17, 15) is 13.2 Å². The average molecular weight is 303 g/mol. The lowest BCUT2D eigenvalue weighted by molar-refractivity contribution is -0.137. The van der Waals surface area contributed by atoms with Crippen molar-refractivity contribution in [1.82, 2.24) is 0 Å². The number of benzene rings is 1. The fourth-order valence-corrected chi connectivity index (χ4v) is 1.79. The molecular weight excluding hydrogens is 288 g/mol. The summed E-state index contributed by atoms with van der Waals surface area (Å²) in [7, 11) is 0. The van der Waals surface area contributed by atoms with E-state index in [0.29, 0.717) is 18.5 Å². The molecule has 0 radical (unpaired) electrons. The van der Waals surface area contributed by atoms with E-state index < -0.39 is 11.7 Å². The molecule has 0 unspecified atom stereocenters. The summed E-state index contributed by atoms with van der Waals surface area (Å²) in [5.41, 5.74) is 10.9. The van der Waals surface area contributed by atoms with Crippen LogP contribution in [0.5, 0.6) is 0 Å². The minimum Gasteiger partial charge on any atom is -0.330 e. The highest BCUT2D eigenvalue weighted by Gasteiger charge is 2.33. The van der Waals surface area contributed by atoms with Crippen molar-refractivity contribution >= 4 is 24.0 Å². The highest BCUT2D eigenvalue weighted by atomic mass is 35.5. The number of alkyl halides is 3. The first-order valence-electron chi connectivity index (χ1n) is 5.18. The molecule has 1 aromatic rings. The van der Waals surface area contributed by atoms with Crippen molar-refractivity contribution in [3.63, 3.8) is 0 Å². The molecule has 0 bridgehead atoms. The first kappa shape index (κ1) is 17.5. The van der Waals surface area contributed by atoms with Crippen LogP contribution in [0, 0.1) is 0 Å². The van der Waals surface area contributed by atoms with Gasteiger partial charge in [-0.1, -0.05) is 17.7 Å². The summed E-state index contributed by atoms with van der Waals surface area (Å²) in [6.07, 6.45) is -3.09. The summed E-state index contributed by atoms with van der Waals surface area (Å²) in [6, 6.07) is 3.25. The fourth-order valence-electron chi connectivity index (χ4n) is 1.50. The van der Waals surface area contributed by atoms with Crippen LogP contribution in [0.25, 0.3) is 0 Å². The molecule has 0 saturated heterocycles. The lowest BCUT2D eigenvalue weighted by atomic mass is 10.0. The highest BCUT2D eigenvalue weighted by molar-refractivity contribution is 6.31. The standard InChI is InChI=1S/C11H14ClF3N2.ClH/c12-9-6-7(10(17)2-1-5-16)3-4-8(9)11(13,14)15;/h3-4,6,10H,1-2,5,16-17H2;1H/t10-;/m0./s1. The summed E-state index contributed by atoms with van der Waals surface area (Å²) in [4.78, 5) is 0. The van der Waals surface area contributed by atoms with Crippen LogP contribution < -0.4 is 11.5 Å². The van der Waals surface area contributed by atoms with Gasteiger partial charge in [-0.25, -0.2) is 0 Å². The number of nitrogens with two attached hydrogens (primary N) is 2. The van der Waals surface area contributed by atoms with E-state index in [1.54, 1.807) is 0 Å². The van der Waals surface area contributed by atoms with E-state index in [4.69, 9.17) is 23.1 Å². The molecule has 1 rings (SSSR count). The molecule has 1 atom stereocenters. The first-order chi connectivity index (χ1) is 7.86. The van der Waals surface area contributed by atoms with E-state index in [-0.39, 0.29) is 23.5 Å². The van der Waals surface area contributed by atoms with Gasteiger partial charge in [0.05, 0.1) is 10.6 Å². The molecule has 1 aromatic carbocycles. The minimum atomic E-state index is -4.43. The SMILES string of the molecule is Cl.NCCC[C@H](N)c1ccc(C(F)(F)F)c(Cl)c1. The molecule has 0 aliphatic carbocycles. The van der Waals surface area contributed by atoms with Gasteiger partial charge in [0.1, 0.15) is 0 Å². The summed E-state index contributed by atoms with van der Waals surface area (Å²) in [5.74, 6) is 0. The summed E-state index contributed by atoms with van der Waals surface area (Å²) in [5, 5.41) is -0.321. The molecular formula is C11H15Cl2F3N2. The predicted molar refractivity (Wildman–Crippen MR) is 68.9 cm³/mol. The molecule has 4 N–H and O–H groups in total. The zero-order chi connectivity index (χ0) is 13.1. The molecule has 0 aliphatic rings. The third-order valence-corrected chi connectivity index (χ3v) is 2.76. The van der Waals surface area contributed by atoms with Crippen molar-refractivity contribution in [3.8, 4) is 0 Å². The Bertz CT molecular complexity index is 383. The Morgan fingerprint density at radius 2 is 1.89 bits per heavy atom. The maximum atomic E-state index is 12.5. The van der Waals surface area contributed by atoms with Crippen LogP contribution >= 0.6 is 24.0 Å². The van der Waals surface area contributed by atoms with Crippen LogP contribution in [0.15, 0.2) is 18.2 Å². The van der Waals surface area contributed by atoms with Gasteiger partial charge in [0, 0.05) is 6.04 Å². The molecule has 0 spiro atoms. The van der Waals surface area contributed by atoms with Crippen LogP contribution in [0.2, 0.25) is 5.02 Å². The van der Waals surface area contributed by atoms with E-state index in [0.717, 1.165) is 12.5 Å². The highest BCUT2D eigenvalue weighted by Crippen LogP contribution is 2.35. The molecule has 0 heterocycles. The Morgan fingerprint density at radius 3 is 2.33 bits per heavy atom. The van der Waals surface area contributed by atoms with Crippen molar-refractivity contribution in [1.29, 1.82) is 0 Å². The smallest absolute Gasteiger partial charge is 0.330 e. The third-order valence-electron chi connectivity index (χ3n) is 2.45. The van der Waals surface area contributed by atoms with Crippen molar-refractivity contribution in [2.24, 2.45) is 11.5 Å². The maximum absolute atomic E-state index is 12.5. The van der Waals surface area contributed by atoms with Gasteiger partial charge in [-0.15, -0.1) is 12.4 Å². The van der Waals surface area contributed by atoms with E-state index in [1.807, 2.05) is 0 Å². The van der Waals surface area contributed by atoms with Crippen LogP contribution in [0.3, 0.4) is 0 Å². The zero-order valence-electron chi connectivity index (χ0n) is 9.51. The molecule has 0 amide bonds. The summed E-state index contributed by atoms with van der Waals surface area (Å²) < 4.78 is 37.4. The Morgan fingerprint density at radius 1 is 1.28 bits per heavy atom. The summed E-state index contributed by atoms with van der Waals surface area (Å²) in [6.45, 7) is 0.502. The lowest BCUT2D eigenvalue weighted by Crippen LogP contribution is -2.13. The monoisotopic (exact) mass is 302 g/mol. The quantitative estimate of drug-likeness (QED) is 0.894. The van der Waals surface area contributed by atoms with Gasteiger partial charge in [-0.05, 0) is 37.1 Å². The van der Waals surface area contributed by atoms with E-state index >= 15 is 0 Å². The lowest BCUT2D eigenvalue weighted by Gasteiger charge is -2.14. The molecule has 7 heteroatoms. The Kier molecular flexibility index (Phi) is 6.99. The van der Waals surface area contributed by atoms with Gasteiger partial charge in [0.2, 0.25) is 0 Å². The summed E-state index contributed by atoms with van der Waals surface area (Å²) >= 11 is 5.59. The molecule has 2 nitrogen and oxygen atoms in total. The number of rotatable bonds is 4. The van der Waals surface area contributed by atoms with Crippen molar-refractivity contribution in [2.75, 3.05) is 6.54 Å².